The highest BCUT2D eigenvalue weighted by atomic mass is 16.5. The van der Waals surface area contributed by atoms with Gasteiger partial charge in [0, 0.05) is 12.1 Å². The molecule has 0 bridgehead atoms. The molecule has 1 aromatic heterocycles. The second-order valence-electron chi connectivity index (χ2n) is 3.42. The van der Waals surface area contributed by atoms with Crippen molar-refractivity contribution >= 4 is 11.8 Å². The molecule has 5 heteroatoms. The summed E-state index contributed by atoms with van der Waals surface area (Å²) in [6.45, 7) is 2.41. The van der Waals surface area contributed by atoms with E-state index in [1.807, 2.05) is 0 Å². The van der Waals surface area contributed by atoms with Gasteiger partial charge in [-0.25, -0.2) is 9.78 Å². The number of hydrogen-bond acceptors (Lipinski definition) is 5. The first-order chi connectivity index (χ1) is 7.15. The van der Waals surface area contributed by atoms with Crippen LogP contribution in [0.25, 0.3) is 0 Å². The zero-order valence-electron chi connectivity index (χ0n) is 8.63. The maximum atomic E-state index is 11.4. The number of anilines is 1. The molecular weight excluding hydrogens is 196 g/mol. The van der Waals surface area contributed by atoms with E-state index in [0.717, 1.165) is 6.54 Å². The van der Waals surface area contributed by atoms with Crippen molar-refractivity contribution in [2.45, 2.75) is 13.3 Å². The molecule has 1 aliphatic heterocycles. The first-order valence-corrected chi connectivity index (χ1v) is 4.69. The average molecular weight is 208 g/mol. The average Bonchev–Trinajstić information content (AvgIpc) is 2.65. The van der Waals surface area contributed by atoms with E-state index < -0.39 is 5.97 Å². The number of rotatable bonds is 1. The molecule has 80 valence electrons. The van der Waals surface area contributed by atoms with Crippen molar-refractivity contribution in [2.24, 2.45) is 0 Å². The molecule has 0 aromatic carbocycles. The van der Waals surface area contributed by atoms with Crippen molar-refractivity contribution in [3.63, 3.8) is 0 Å². The number of fused-ring (bicyclic) bond motifs is 1. The molecule has 0 radical (unpaired) electrons. The number of methoxy groups -OCH3 is 1. The molecule has 2 rings (SSSR count). The first kappa shape index (κ1) is 9.76. The lowest BCUT2D eigenvalue weighted by Crippen LogP contribution is -2.07. The van der Waals surface area contributed by atoms with Gasteiger partial charge in [-0.3, -0.25) is 0 Å². The number of carbonyl (C=O) groups excluding carboxylic acids is 1. The van der Waals surface area contributed by atoms with Crippen molar-refractivity contribution in [1.82, 2.24) is 4.98 Å². The Labute approximate surface area is 87.1 Å². The van der Waals surface area contributed by atoms with E-state index in [9.17, 15) is 9.90 Å². The summed E-state index contributed by atoms with van der Waals surface area (Å²) in [6.07, 6.45) is 0.679. The maximum Gasteiger partial charge on any atom is 0.343 e. The molecule has 0 saturated carbocycles. The number of pyridine rings is 1. The molecule has 0 aliphatic carbocycles. The molecule has 0 spiro atoms. The van der Waals surface area contributed by atoms with E-state index >= 15 is 0 Å². The fraction of sp³-hybridized carbons (Fsp3) is 0.400. The number of ether oxygens (including phenoxy) is 1. The fourth-order valence-corrected chi connectivity index (χ4v) is 1.76. The quantitative estimate of drug-likeness (QED) is 0.669. The number of hydrogen-bond donors (Lipinski definition) is 2. The van der Waals surface area contributed by atoms with Gasteiger partial charge < -0.3 is 15.2 Å². The van der Waals surface area contributed by atoms with E-state index in [-0.39, 0.29) is 11.3 Å². The van der Waals surface area contributed by atoms with E-state index in [0.29, 0.717) is 23.5 Å². The van der Waals surface area contributed by atoms with Crippen molar-refractivity contribution in [2.75, 3.05) is 19.0 Å². The fourth-order valence-electron chi connectivity index (χ4n) is 1.76. The summed E-state index contributed by atoms with van der Waals surface area (Å²) in [6, 6.07) is 0. The van der Waals surface area contributed by atoms with Gasteiger partial charge in [0.15, 0.2) is 0 Å². The molecule has 0 fully saturated rings. The third-order valence-electron chi connectivity index (χ3n) is 2.51. The number of nitrogens with zero attached hydrogens (tertiary/aromatic N) is 1. The molecule has 15 heavy (non-hydrogen) atoms. The molecule has 0 saturated heterocycles. The molecule has 0 atom stereocenters. The Morgan fingerprint density at radius 1 is 1.60 bits per heavy atom. The Kier molecular flexibility index (Phi) is 2.22. The lowest BCUT2D eigenvalue weighted by molar-refractivity contribution is 0.0596. The molecule has 0 amide bonds. The second-order valence-corrected chi connectivity index (χ2v) is 3.42. The van der Waals surface area contributed by atoms with Gasteiger partial charge in [-0.15, -0.1) is 0 Å². The summed E-state index contributed by atoms with van der Waals surface area (Å²) >= 11 is 0. The van der Waals surface area contributed by atoms with Crippen LogP contribution in [0.2, 0.25) is 0 Å². The molecule has 0 unspecified atom stereocenters. The zero-order valence-corrected chi connectivity index (χ0v) is 8.63. The number of carbonyl (C=O) groups is 1. The molecular formula is C10H12N2O3. The molecule has 1 aliphatic rings. The predicted octanol–water partition coefficient (Wildman–Crippen LogP) is 0.850. The van der Waals surface area contributed by atoms with Gasteiger partial charge in [-0.2, -0.15) is 0 Å². The molecule has 1 aromatic rings. The van der Waals surface area contributed by atoms with Gasteiger partial charge in [-0.1, -0.05) is 0 Å². The first-order valence-electron chi connectivity index (χ1n) is 4.69. The predicted molar refractivity (Wildman–Crippen MR) is 54.2 cm³/mol. The van der Waals surface area contributed by atoms with Crippen LogP contribution in [0.1, 0.15) is 21.6 Å². The Morgan fingerprint density at radius 3 is 3.00 bits per heavy atom. The van der Waals surface area contributed by atoms with E-state index in [1.165, 1.54) is 7.11 Å². The number of nitrogens with one attached hydrogen (secondary N) is 1. The topological polar surface area (TPSA) is 71.5 Å². The van der Waals surface area contributed by atoms with Gasteiger partial charge in [0.25, 0.3) is 0 Å². The van der Waals surface area contributed by atoms with Crippen molar-refractivity contribution in [3.8, 4) is 5.75 Å². The summed E-state index contributed by atoms with van der Waals surface area (Å²) in [5.74, 6) is 0.110. The Morgan fingerprint density at radius 2 is 2.33 bits per heavy atom. The summed E-state index contributed by atoms with van der Waals surface area (Å²) < 4.78 is 4.60. The van der Waals surface area contributed by atoms with Gasteiger partial charge in [0.05, 0.1) is 12.8 Å². The van der Waals surface area contributed by atoms with E-state index in [2.05, 4.69) is 15.0 Å². The smallest absolute Gasteiger partial charge is 0.343 e. The third-order valence-corrected chi connectivity index (χ3v) is 2.51. The van der Waals surface area contributed by atoms with E-state index in [4.69, 9.17) is 0 Å². The van der Waals surface area contributed by atoms with E-state index in [1.54, 1.807) is 6.92 Å². The largest absolute Gasteiger partial charge is 0.507 e. The highest BCUT2D eigenvalue weighted by molar-refractivity contribution is 5.94. The summed E-state index contributed by atoms with van der Waals surface area (Å²) in [5, 5.41) is 13.0. The lowest BCUT2D eigenvalue weighted by atomic mass is 10.1. The second kappa shape index (κ2) is 3.42. The van der Waals surface area contributed by atoms with Gasteiger partial charge in [-0.05, 0) is 13.3 Å². The zero-order chi connectivity index (χ0) is 11.0. The van der Waals surface area contributed by atoms with Gasteiger partial charge in [0.1, 0.15) is 17.1 Å². The SMILES string of the molecule is COC(=O)c1c(C)nc2c(c1O)CCN2. The van der Waals surface area contributed by atoms with Crippen molar-refractivity contribution in [1.29, 1.82) is 0 Å². The molecule has 2 heterocycles. The van der Waals surface area contributed by atoms with Crippen LogP contribution in [-0.4, -0.2) is 29.7 Å². The normalized spacial score (nSPS) is 13.2. The van der Waals surface area contributed by atoms with Gasteiger partial charge >= 0.3 is 5.97 Å². The number of esters is 1. The highest BCUT2D eigenvalue weighted by Gasteiger charge is 2.25. The van der Waals surface area contributed by atoms with Crippen LogP contribution in [0, 0.1) is 6.92 Å². The molecule has 5 nitrogen and oxygen atoms in total. The molecule has 2 N–H and O–H groups in total. The maximum absolute atomic E-state index is 11.4. The van der Waals surface area contributed by atoms with Crippen LogP contribution < -0.4 is 5.32 Å². The highest BCUT2D eigenvalue weighted by Crippen LogP contribution is 2.33. The van der Waals surface area contributed by atoms with Crippen molar-refractivity contribution in [3.05, 3.63) is 16.8 Å². The summed E-state index contributed by atoms with van der Waals surface area (Å²) in [7, 11) is 1.28. The minimum atomic E-state index is -0.549. The lowest BCUT2D eigenvalue weighted by Gasteiger charge is -2.09. The third kappa shape index (κ3) is 1.40. The number of aromatic nitrogens is 1. The van der Waals surface area contributed by atoms with Crippen LogP contribution in [-0.2, 0) is 11.2 Å². The monoisotopic (exact) mass is 208 g/mol. The number of aryl methyl sites for hydroxylation is 1. The Balaban J connectivity index is 2.61. The Bertz CT molecular complexity index is 429. The van der Waals surface area contributed by atoms with Crippen LogP contribution >= 0.6 is 0 Å². The minimum absolute atomic E-state index is 0.00523. The van der Waals surface area contributed by atoms with Crippen LogP contribution in [0.5, 0.6) is 5.75 Å². The standard InChI is InChI=1S/C10H12N2O3/c1-5-7(10(14)15-2)8(13)6-3-4-11-9(6)12-5/h3-4H2,1-2H3,(H2,11,12,13). The minimum Gasteiger partial charge on any atom is -0.507 e. The van der Waals surface area contributed by atoms with Crippen LogP contribution in [0.4, 0.5) is 5.82 Å². The number of aromatic hydroxyl groups is 1. The van der Waals surface area contributed by atoms with Crippen LogP contribution in [0.3, 0.4) is 0 Å². The Hall–Kier alpha value is -1.78. The van der Waals surface area contributed by atoms with Crippen molar-refractivity contribution < 1.29 is 14.6 Å². The van der Waals surface area contributed by atoms with Crippen LogP contribution in [0.15, 0.2) is 0 Å². The summed E-state index contributed by atoms with van der Waals surface area (Å²) in [4.78, 5) is 15.6. The summed E-state index contributed by atoms with van der Waals surface area (Å²) in [5.41, 5.74) is 1.34. The van der Waals surface area contributed by atoms with Gasteiger partial charge in [0.2, 0.25) is 0 Å².